The van der Waals surface area contributed by atoms with Crippen LogP contribution in [0.4, 0.5) is 4.79 Å². The van der Waals surface area contributed by atoms with Crippen molar-refractivity contribution in [3.8, 4) is 0 Å². The summed E-state index contributed by atoms with van der Waals surface area (Å²) in [6.45, 7) is 3.23. The molecular formula is C24H38N4OS. The van der Waals surface area contributed by atoms with E-state index < -0.39 is 0 Å². The summed E-state index contributed by atoms with van der Waals surface area (Å²) >= 11 is 5.62. The minimum Gasteiger partial charge on any atom is -0.363 e. The molecule has 2 amide bonds. The first kappa shape index (κ1) is 20.6. The van der Waals surface area contributed by atoms with Gasteiger partial charge >= 0.3 is 6.03 Å². The predicted octanol–water partition coefficient (Wildman–Crippen LogP) is 3.95. The zero-order valence-corrected chi connectivity index (χ0v) is 19.1. The normalized spacial score (nSPS) is 36.7. The number of likely N-dealkylation sites (tertiary alicyclic amines) is 1. The fraction of sp³-hybridized carbons (Fsp3) is 0.833. The molecule has 166 valence electrons. The van der Waals surface area contributed by atoms with Gasteiger partial charge in [0.25, 0.3) is 0 Å². The number of thiocarbonyl (C=S) groups is 1. The first-order valence-electron chi connectivity index (χ1n) is 12.4. The van der Waals surface area contributed by atoms with E-state index in [9.17, 15) is 4.79 Å². The van der Waals surface area contributed by atoms with Crippen molar-refractivity contribution < 1.29 is 4.79 Å². The van der Waals surface area contributed by atoms with E-state index in [1.807, 2.05) is 4.90 Å². The Balaban J connectivity index is 0.989. The second-order valence-electron chi connectivity index (χ2n) is 10.8. The van der Waals surface area contributed by atoms with Crippen molar-refractivity contribution in [3.05, 3.63) is 11.6 Å². The molecule has 6 heteroatoms. The monoisotopic (exact) mass is 430 g/mol. The van der Waals surface area contributed by atoms with E-state index in [2.05, 4.69) is 22.0 Å². The zero-order chi connectivity index (χ0) is 20.6. The van der Waals surface area contributed by atoms with Gasteiger partial charge in [0.1, 0.15) is 0 Å². The Labute approximate surface area is 186 Å². The molecule has 0 aromatic carbocycles. The van der Waals surface area contributed by atoms with Crippen molar-refractivity contribution in [3.63, 3.8) is 0 Å². The number of nitrogens with zero attached hydrogens (tertiary/aromatic N) is 1. The van der Waals surface area contributed by atoms with E-state index in [4.69, 9.17) is 12.2 Å². The highest BCUT2D eigenvalue weighted by atomic mass is 32.1. The van der Waals surface area contributed by atoms with Crippen molar-refractivity contribution in [1.29, 1.82) is 0 Å². The molecule has 1 saturated heterocycles. The third-order valence-corrected chi connectivity index (χ3v) is 8.67. The van der Waals surface area contributed by atoms with Gasteiger partial charge in [0, 0.05) is 31.7 Å². The van der Waals surface area contributed by atoms with Crippen molar-refractivity contribution in [1.82, 2.24) is 20.9 Å². The maximum absolute atomic E-state index is 12.5. The fourth-order valence-electron chi connectivity index (χ4n) is 7.46. The molecule has 3 N–H and O–H groups in total. The van der Waals surface area contributed by atoms with Crippen LogP contribution in [-0.2, 0) is 0 Å². The van der Waals surface area contributed by atoms with E-state index in [-0.39, 0.29) is 11.6 Å². The minimum absolute atomic E-state index is 0.0918. The molecule has 30 heavy (non-hydrogen) atoms. The van der Waals surface area contributed by atoms with Crippen molar-refractivity contribution in [2.45, 2.75) is 76.2 Å². The fourth-order valence-corrected chi connectivity index (χ4v) is 7.78. The van der Waals surface area contributed by atoms with Crippen LogP contribution in [0, 0.1) is 23.7 Å². The van der Waals surface area contributed by atoms with Gasteiger partial charge in [-0.15, -0.1) is 0 Å². The Kier molecular flexibility index (Phi) is 5.96. The smallest absolute Gasteiger partial charge is 0.317 e. The first-order chi connectivity index (χ1) is 14.6. The van der Waals surface area contributed by atoms with Gasteiger partial charge in [-0.05, 0) is 107 Å². The topological polar surface area (TPSA) is 56.4 Å². The number of fused-ring (bicyclic) bond motifs is 1. The molecule has 1 atom stereocenters. The molecule has 4 saturated carbocycles. The molecule has 4 bridgehead atoms. The number of piperidine rings is 1. The molecule has 0 aromatic heterocycles. The molecule has 1 unspecified atom stereocenters. The van der Waals surface area contributed by atoms with Crippen LogP contribution in [0.25, 0.3) is 0 Å². The molecule has 5 fully saturated rings. The van der Waals surface area contributed by atoms with Crippen LogP contribution in [0.2, 0.25) is 0 Å². The number of urea groups is 1. The number of hydrogen-bond acceptors (Lipinski definition) is 2. The average molecular weight is 431 g/mol. The molecule has 5 aliphatic carbocycles. The van der Waals surface area contributed by atoms with Gasteiger partial charge in [-0.25, -0.2) is 4.79 Å². The molecule has 6 aliphatic rings. The standard InChI is InChI=1S/C24H38N4OS/c29-23(28-9-6-20-4-1-2-5-21(20)16-28)26-8-3-7-25-22(30)27-24-13-17-10-18(14-24)12-19(11-17)15-24/h5,17-20H,1-4,6-16H2,(H,26,29)(H2,25,27,30). The molecule has 5 nitrogen and oxygen atoms in total. The van der Waals surface area contributed by atoms with Crippen LogP contribution < -0.4 is 16.0 Å². The summed E-state index contributed by atoms with van der Waals surface area (Å²) in [4.78, 5) is 14.5. The van der Waals surface area contributed by atoms with Crippen LogP contribution >= 0.6 is 12.2 Å². The molecule has 1 aliphatic heterocycles. The number of carbonyl (C=O) groups excluding carboxylic acids is 1. The second kappa shape index (κ2) is 8.68. The van der Waals surface area contributed by atoms with Crippen molar-refractivity contribution in [2.24, 2.45) is 23.7 Å². The minimum atomic E-state index is 0.0918. The quantitative estimate of drug-likeness (QED) is 0.351. The Bertz CT molecular complexity index is 670. The number of rotatable bonds is 5. The van der Waals surface area contributed by atoms with Crippen molar-refractivity contribution >= 4 is 23.4 Å². The summed E-state index contributed by atoms with van der Waals surface area (Å²) in [5, 5.41) is 11.0. The number of allylic oxidation sites excluding steroid dienone is 1. The van der Waals surface area contributed by atoms with Gasteiger partial charge in [0.2, 0.25) is 0 Å². The highest BCUT2D eigenvalue weighted by molar-refractivity contribution is 7.80. The van der Waals surface area contributed by atoms with Gasteiger partial charge in [0.15, 0.2) is 5.11 Å². The van der Waals surface area contributed by atoms with Gasteiger partial charge < -0.3 is 20.9 Å². The molecule has 1 heterocycles. The van der Waals surface area contributed by atoms with Crippen LogP contribution in [0.15, 0.2) is 11.6 Å². The summed E-state index contributed by atoms with van der Waals surface area (Å²) in [7, 11) is 0. The van der Waals surface area contributed by atoms with Crippen molar-refractivity contribution in [2.75, 3.05) is 26.2 Å². The summed E-state index contributed by atoms with van der Waals surface area (Å²) in [6, 6.07) is 0.0918. The van der Waals surface area contributed by atoms with Gasteiger partial charge in [-0.2, -0.15) is 0 Å². The summed E-state index contributed by atoms with van der Waals surface area (Å²) in [5.74, 6) is 3.51. The van der Waals surface area contributed by atoms with Crippen LogP contribution in [0.3, 0.4) is 0 Å². The Morgan fingerprint density at radius 2 is 1.77 bits per heavy atom. The lowest BCUT2D eigenvalue weighted by atomic mass is 9.53. The largest absolute Gasteiger partial charge is 0.363 e. The maximum atomic E-state index is 12.5. The summed E-state index contributed by atoms with van der Waals surface area (Å²) < 4.78 is 0. The highest BCUT2D eigenvalue weighted by Gasteiger charge is 2.51. The average Bonchev–Trinajstić information content (AvgIpc) is 2.71. The van der Waals surface area contributed by atoms with E-state index in [1.54, 1.807) is 0 Å². The Morgan fingerprint density at radius 3 is 2.50 bits per heavy atom. The van der Waals surface area contributed by atoms with Crippen LogP contribution in [0.5, 0.6) is 0 Å². The number of nitrogens with one attached hydrogen (secondary N) is 3. The zero-order valence-electron chi connectivity index (χ0n) is 18.3. The summed E-state index contributed by atoms with van der Waals surface area (Å²) in [5.41, 5.74) is 1.76. The first-order valence-corrected chi connectivity index (χ1v) is 12.8. The van der Waals surface area contributed by atoms with Crippen LogP contribution in [0.1, 0.15) is 70.6 Å². The van der Waals surface area contributed by atoms with E-state index >= 15 is 0 Å². The second-order valence-corrected chi connectivity index (χ2v) is 11.2. The van der Waals surface area contributed by atoms with Crippen LogP contribution in [-0.4, -0.2) is 47.8 Å². The lowest BCUT2D eigenvalue weighted by molar-refractivity contribution is -0.0101. The number of carbonyl (C=O) groups is 1. The Hall–Kier alpha value is -1.30. The van der Waals surface area contributed by atoms with E-state index in [1.165, 1.54) is 63.4 Å². The maximum Gasteiger partial charge on any atom is 0.317 e. The Morgan fingerprint density at radius 1 is 1.07 bits per heavy atom. The van der Waals surface area contributed by atoms with E-state index in [0.29, 0.717) is 6.54 Å². The molecule has 0 radical (unpaired) electrons. The molecule has 0 spiro atoms. The third kappa shape index (κ3) is 4.49. The lowest BCUT2D eigenvalue weighted by Crippen LogP contribution is -2.61. The molecule has 0 aromatic rings. The van der Waals surface area contributed by atoms with Gasteiger partial charge in [-0.3, -0.25) is 0 Å². The predicted molar refractivity (Wildman–Crippen MR) is 124 cm³/mol. The molecular weight excluding hydrogens is 392 g/mol. The number of amides is 2. The van der Waals surface area contributed by atoms with Gasteiger partial charge in [0.05, 0.1) is 0 Å². The number of hydrogen-bond donors (Lipinski definition) is 3. The van der Waals surface area contributed by atoms with Gasteiger partial charge in [-0.1, -0.05) is 11.6 Å². The lowest BCUT2D eigenvalue weighted by Gasteiger charge is -2.57. The summed E-state index contributed by atoms with van der Waals surface area (Å²) in [6.07, 6.45) is 16.5. The SMILES string of the molecule is O=C(NCCCNC(=S)NC12CC3CC(CC(C3)C1)C2)N1CCC2CCCC=C2C1. The van der Waals surface area contributed by atoms with E-state index in [0.717, 1.165) is 61.3 Å². The highest BCUT2D eigenvalue weighted by Crippen LogP contribution is 2.55. The third-order valence-electron chi connectivity index (χ3n) is 8.43. The molecule has 6 rings (SSSR count).